The average Bonchev–Trinajstić information content (AvgIpc) is 3.32. The number of piperazine rings is 1. The van der Waals surface area contributed by atoms with Crippen molar-refractivity contribution in [1.82, 2.24) is 14.1 Å². The lowest BCUT2D eigenvalue weighted by Gasteiger charge is -2.38. The molecule has 31 heavy (non-hydrogen) atoms. The van der Waals surface area contributed by atoms with Crippen LogP contribution in [0.25, 0.3) is 0 Å². The molecule has 0 aliphatic carbocycles. The molecule has 0 saturated carbocycles. The van der Waals surface area contributed by atoms with Crippen molar-refractivity contribution in [2.24, 2.45) is 5.92 Å². The Morgan fingerprint density at radius 3 is 2.29 bits per heavy atom. The molecule has 0 N–H and O–H groups in total. The first-order chi connectivity index (χ1) is 15.0. The second kappa shape index (κ2) is 9.65. The number of hydrogen-bond donors (Lipinski definition) is 0. The fraction of sp³-hybridized carbons (Fsp3) is 0.636. The molecule has 0 bridgehead atoms. The normalized spacial score (nSPS) is 24.2. The van der Waals surface area contributed by atoms with Crippen LogP contribution in [-0.4, -0.2) is 87.0 Å². The second-order valence-electron chi connectivity index (χ2n) is 8.58. The van der Waals surface area contributed by atoms with E-state index in [1.165, 1.54) is 28.6 Å². The van der Waals surface area contributed by atoms with Crippen molar-refractivity contribution in [2.45, 2.75) is 36.7 Å². The van der Waals surface area contributed by atoms with E-state index in [0.29, 0.717) is 37.6 Å². The second-order valence-corrected chi connectivity index (χ2v) is 10.5. The highest BCUT2D eigenvalue weighted by molar-refractivity contribution is 7.89. The number of carbonyl (C=O) groups is 1. The van der Waals surface area contributed by atoms with E-state index in [1.54, 1.807) is 0 Å². The Kier molecular flexibility index (Phi) is 6.92. The minimum atomic E-state index is -3.60. The maximum absolute atomic E-state index is 13.0. The molecule has 4 rings (SSSR count). The Bertz CT molecular complexity index is 906. The smallest absolute Gasteiger partial charge is 0.243 e. The maximum atomic E-state index is 13.0. The zero-order chi connectivity index (χ0) is 21.8. The average molecular weight is 447 g/mol. The summed E-state index contributed by atoms with van der Waals surface area (Å²) in [7, 11) is -3.60. The Morgan fingerprint density at radius 2 is 1.71 bits per heavy atom. The number of piperidine rings is 1. The third kappa shape index (κ3) is 5.09. The summed E-state index contributed by atoms with van der Waals surface area (Å²) in [6, 6.07) is 7.97. The van der Waals surface area contributed by atoms with Crippen molar-refractivity contribution in [3.63, 3.8) is 0 Å². The first-order valence-corrected chi connectivity index (χ1v) is 12.5. The summed E-state index contributed by atoms with van der Waals surface area (Å²) in [6.45, 7) is 5.71. The molecule has 0 aromatic heterocycles. The summed E-state index contributed by atoms with van der Waals surface area (Å²) in [5, 5.41) is 8.89. The lowest BCUT2D eigenvalue weighted by Crippen LogP contribution is -2.53. The predicted octanol–water partition coefficient (Wildman–Crippen LogP) is 1.28. The number of carbonyl (C=O) groups excluding carboxylic acids is 1. The van der Waals surface area contributed by atoms with Gasteiger partial charge in [0, 0.05) is 58.3 Å². The summed E-state index contributed by atoms with van der Waals surface area (Å²) in [6.07, 6.45) is 3.70. The van der Waals surface area contributed by atoms with Crippen molar-refractivity contribution in [3.05, 3.63) is 29.8 Å². The number of rotatable bonds is 5. The van der Waals surface area contributed by atoms with Crippen LogP contribution < -0.4 is 0 Å². The molecule has 3 fully saturated rings. The third-order valence-electron chi connectivity index (χ3n) is 6.59. The molecule has 1 unspecified atom stereocenters. The highest BCUT2D eigenvalue weighted by Crippen LogP contribution is 2.26. The van der Waals surface area contributed by atoms with E-state index in [0.717, 1.165) is 52.2 Å². The Labute approximate surface area is 184 Å². The zero-order valence-electron chi connectivity index (χ0n) is 17.8. The molecule has 9 heteroatoms. The summed E-state index contributed by atoms with van der Waals surface area (Å²) >= 11 is 0. The third-order valence-corrected chi connectivity index (χ3v) is 8.51. The van der Waals surface area contributed by atoms with Gasteiger partial charge in [0.1, 0.15) is 0 Å². The van der Waals surface area contributed by atoms with Crippen LogP contribution in [0.3, 0.4) is 0 Å². The van der Waals surface area contributed by atoms with Crippen LogP contribution in [0, 0.1) is 17.2 Å². The van der Waals surface area contributed by atoms with Crippen LogP contribution in [0.4, 0.5) is 0 Å². The quantitative estimate of drug-likeness (QED) is 0.676. The molecule has 1 aromatic carbocycles. The molecular weight excluding hydrogens is 416 g/mol. The predicted molar refractivity (Wildman–Crippen MR) is 115 cm³/mol. The minimum Gasteiger partial charge on any atom is -0.377 e. The zero-order valence-corrected chi connectivity index (χ0v) is 18.6. The molecule has 0 spiro atoms. The van der Waals surface area contributed by atoms with Crippen molar-refractivity contribution in [2.75, 3.05) is 52.4 Å². The fourth-order valence-electron chi connectivity index (χ4n) is 4.68. The number of amides is 1. The van der Waals surface area contributed by atoms with Crippen LogP contribution in [0.15, 0.2) is 29.2 Å². The molecule has 3 heterocycles. The molecule has 1 aromatic rings. The van der Waals surface area contributed by atoms with E-state index in [-0.39, 0.29) is 16.7 Å². The molecule has 1 amide bonds. The van der Waals surface area contributed by atoms with Gasteiger partial charge in [-0.3, -0.25) is 9.69 Å². The van der Waals surface area contributed by atoms with Gasteiger partial charge < -0.3 is 9.64 Å². The molecular formula is C22H30N4O4S. The molecule has 3 aliphatic rings. The highest BCUT2D eigenvalue weighted by atomic mass is 32.2. The topological polar surface area (TPSA) is 94.0 Å². The molecule has 8 nitrogen and oxygen atoms in total. The summed E-state index contributed by atoms with van der Waals surface area (Å²) in [5.41, 5.74) is 0.430. The van der Waals surface area contributed by atoms with Crippen LogP contribution in [-0.2, 0) is 19.6 Å². The fourth-order valence-corrected chi connectivity index (χ4v) is 6.15. The molecule has 3 saturated heterocycles. The van der Waals surface area contributed by atoms with E-state index in [2.05, 4.69) is 4.90 Å². The number of benzene rings is 1. The van der Waals surface area contributed by atoms with Crippen LogP contribution >= 0.6 is 0 Å². The Morgan fingerprint density at radius 1 is 1.03 bits per heavy atom. The van der Waals surface area contributed by atoms with Gasteiger partial charge in [0.05, 0.1) is 22.6 Å². The summed E-state index contributed by atoms with van der Waals surface area (Å²) < 4.78 is 32.9. The molecule has 0 radical (unpaired) electrons. The van der Waals surface area contributed by atoms with Crippen LogP contribution in [0.5, 0.6) is 0 Å². The van der Waals surface area contributed by atoms with Crippen LogP contribution in [0.1, 0.15) is 31.2 Å². The van der Waals surface area contributed by atoms with E-state index in [4.69, 9.17) is 10.00 Å². The number of nitriles is 1. The lowest BCUT2D eigenvalue weighted by atomic mass is 9.96. The monoisotopic (exact) mass is 446 g/mol. The molecule has 3 aliphatic heterocycles. The first-order valence-electron chi connectivity index (χ1n) is 11.1. The van der Waals surface area contributed by atoms with Gasteiger partial charge in [-0.05, 0) is 49.9 Å². The van der Waals surface area contributed by atoms with Gasteiger partial charge >= 0.3 is 0 Å². The van der Waals surface area contributed by atoms with Crippen LogP contribution in [0.2, 0.25) is 0 Å². The standard InChI is InChI=1S/C22H30N4O4S/c23-16-18-3-5-21(6-4-18)31(28,29)26-9-7-19(8-10-26)22(27)25-13-11-24(12-14-25)17-20-2-1-15-30-20/h3-6,19-20H,1-2,7-15,17H2. The van der Waals surface area contributed by atoms with E-state index in [9.17, 15) is 13.2 Å². The minimum absolute atomic E-state index is 0.114. The van der Waals surface area contributed by atoms with E-state index in [1.807, 2.05) is 11.0 Å². The number of nitrogens with zero attached hydrogens (tertiary/aromatic N) is 4. The first kappa shape index (κ1) is 22.2. The number of hydrogen-bond acceptors (Lipinski definition) is 6. The van der Waals surface area contributed by atoms with Gasteiger partial charge in [0.25, 0.3) is 0 Å². The van der Waals surface area contributed by atoms with Crippen molar-refractivity contribution >= 4 is 15.9 Å². The Balaban J connectivity index is 1.26. The van der Waals surface area contributed by atoms with Gasteiger partial charge in [-0.1, -0.05) is 0 Å². The highest BCUT2D eigenvalue weighted by Gasteiger charge is 2.35. The molecule has 1 atom stereocenters. The van der Waals surface area contributed by atoms with Crippen molar-refractivity contribution < 1.29 is 17.9 Å². The van der Waals surface area contributed by atoms with Crippen molar-refractivity contribution in [1.29, 1.82) is 5.26 Å². The van der Waals surface area contributed by atoms with Gasteiger partial charge in [0.2, 0.25) is 15.9 Å². The largest absolute Gasteiger partial charge is 0.377 e. The summed E-state index contributed by atoms with van der Waals surface area (Å²) in [4.78, 5) is 17.5. The molecule has 168 valence electrons. The maximum Gasteiger partial charge on any atom is 0.243 e. The summed E-state index contributed by atoms with van der Waals surface area (Å²) in [5.74, 6) is 0.0457. The number of sulfonamides is 1. The SMILES string of the molecule is N#Cc1ccc(S(=O)(=O)N2CCC(C(=O)N3CCN(CC4CCCO4)CC3)CC2)cc1. The van der Waals surface area contributed by atoms with Gasteiger partial charge in [-0.2, -0.15) is 9.57 Å². The van der Waals surface area contributed by atoms with Gasteiger partial charge in [-0.15, -0.1) is 0 Å². The Hall–Kier alpha value is -1.99. The number of ether oxygens (including phenoxy) is 1. The lowest BCUT2D eigenvalue weighted by molar-refractivity contribution is -0.138. The van der Waals surface area contributed by atoms with E-state index < -0.39 is 10.0 Å². The van der Waals surface area contributed by atoms with Gasteiger partial charge in [0.15, 0.2) is 0 Å². The van der Waals surface area contributed by atoms with Crippen molar-refractivity contribution in [3.8, 4) is 6.07 Å². The van der Waals surface area contributed by atoms with Gasteiger partial charge in [-0.25, -0.2) is 8.42 Å². The van der Waals surface area contributed by atoms with E-state index >= 15 is 0 Å².